The summed E-state index contributed by atoms with van der Waals surface area (Å²) in [5.74, 6) is 0.441. The lowest BCUT2D eigenvalue weighted by Gasteiger charge is -2.10. The molecule has 31 heavy (non-hydrogen) atoms. The predicted octanol–water partition coefficient (Wildman–Crippen LogP) is 5.33. The molecule has 2 aromatic heterocycles. The van der Waals surface area contributed by atoms with Gasteiger partial charge < -0.3 is 9.84 Å². The van der Waals surface area contributed by atoms with Crippen molar-refractivity contribution >= 4 is 62.4 Å². The maximum atomic E-state index is 12.8. The number of sulfonamides is 1. The third kappa shape index (κ3) is 4.84. The first-order chi connectivity index (χ1) is 14.7. The van der Waals surface area contributed by atoms with Crippen LogP contribution in [-0.2, 0) is 14.8 Å². The fourth-order valence-corrected chi connectivity index (χ4v) is 5.39. The first-order valence-corrected chi connectivity index (χ1v) is 12.3. The molecule has 10 heteroatoms. The second-order valence-corrected chi connectivity index (χ2v) is 10.7. The Morgan fingerprint density at radius 3 is 2.74 bits per heavy atom. The smallest absolute Gasteiger partial charge is 0.271 e. The van der Waals surface area contributed by atoms with Crippen LogP contribution in [0.25, 0.3) is 12.2 Å². The molecule has 2 N–H and O–H groups in total. The first kappa shape index (κ1) is 21.6. The van der Waals surface area contributed by atoms with Crippen molar-refractivity contribution in [2.24, 2.45) is 5.92 Å². The number of benzene rings is 1. The molecule has 0 spiro atoms. The molecule has 1 fully saturated rings. The Balaban J connectivity index is 1.51. The van der Waals surface area contributed by atoms with E-state index in [-0.39, 0.29) is 16.0 Å². The van der Waals surface area contributed by atoms with E-state index in [2.05, 4.69) is 15.2 Å². The van der Waals surface area contributed by atoms with Crippen LogP contribution in [0.1, 0.15) is 34.7 Å². The van der Waals surface area contributed by atoms with Gasteiger partial charge in [0.2, 0.25) is 5.91 Å². The van der Waals surface area contributed by atoms with Gasteiger partial charge in [-0.25, -0.2) is 8.42 Å². The summed E-state index contributed by atoms with van der Waals surface area (Å²) in [4.78, 5) is 12.8. The molecule has 0 unspecified atom stereocenters. The van der Waals surface area contributed by atoms with Crippen molar-refractivity contribution in [3.8, 4) is 0 Å². The summed E-state index contributed by atoms with van der Waals surface area (Å²) >= 11 is 7.19. The highest BCUT2D eigenvalue weighted by Gasteiger charge is 2.30. The fraction of sp³-hybridized carbons (Fsp3) is 0.238. The van der Waals surface area contributed by atoms with Crippen LogP contribution in [0.3, 0.4) is 0 Å². The van der Waals surface area contributed by atoms with Crippen LogP contribution in [-0.4, -0.2) is 19.5 Å². The zero-order chi connectivity index (χ0) is 22.2. The van der Waals surface area contributed by atoms with Crippen molar-refractivity contribution in [3.05, 3.63) is 57.2 Å². The van der Waals surface area contributed by atoms with Gasteiger partial charge in [0.15, 0.2) is 5.76 Å². The highest BCUT2D eigenvalue weighted by atomic mass is 35.5. The van der Waals surface area contributed by atoms with Crippen molar-refractivity contribution in [2.45, 2.75) is 30.9 Å². The molecular formula is C21H20ClN3O4S2. The van der Waals surface area contributed by atoms with Gasteiger partial charge in [0, 0.05) is 15.8 Å². The van der Waals surface area contributed by atoms with Gasteiger partial charge in [-0.3, -0.25) is 9.52 Å². The molecule has 162 valence electrons. The number of hydrogen-bond acceptors (Lipinski definition) is 6. The summed E-state index contributed by atoms with van der Waals surface area (Å²) in [6.07, 6.45) is 5.19. The SMILES string of the molecule is Cc1noc(/C=C/c2ccc(S(=O)(=O)Nc3cccc(Cl)c3C)s2)c1NC(=O)C1CC1. The van der Waals surface area contributed by atoms with E-state index in [9.17, 15) is 13.2 Å². The molecule has 1 amide bonds. The second-order valence-electron chi connectivity index (χ2n) is 7.28. The standard InChI is InChI=1S/C21H20ClN3O4S2/c1-12-16(22)4-3-5-17(12)25-31(27,28)19-11-9-15(30-19)8-10-18-20(13(2)24-29-18)23-21(26)14-6-7-14/h3-5,8-11,14,25H,6-7H2,1-2H3,(H,23,26)/b10-8+. The Kier molecular flexibility index (Phi) is 5.92. The molecule has 0 bridgehead atoms. The number of anilines is 2. The molecule has 0 aliphatic heterocycles. The molecule has 7 nitrogen and oxygen atoms in total. The number of carbonyl (C=O) groups excluding carboxylic acids is 1. The summed E-state index contributed by atoms with van der Waals surface area (Å²) in [5.41, 5.74) is 2.22. The minimum atomic E-state index is -3.75. The average molecular weight is 478 g/mol. The minimum Gasteiger partial charge on any atom is -0.354 e. The van der Waals surface area contributed by atoms with Crippen molar-refractivity contribution in [1.29, 1.82) is 0 Å². The normalized spacial score (nSPS) is 14.2. The van der Waals surface area contributed by atoms with Gasteiger partial charge >= 0.3 is 0 Å². The lowest BCUT2D eigenvalue weighted by atomic mass is 10.2. The predicted molar refractivity (Wildman–Crippen MR) is 123 cm³/mol. The van der Waals surface area contributed by atoms with Crippen molar-refractivity contribution in [3.63, 3.8) is 0 Å². The fourth-order valence-electron chi connectivity index (χ4n) is 2.86. The second kappa shape index (κ2) is 8.49. The maximum Gasteiger partial charge on any atom is 0.271 e. The maximum absolute atomic E-state index is 12.8. The van der Waals surface area contributed by atoms with Crippen molar-refractivity contribution < 1.29 is 17.7 Å². The summed E-state index contributed by atoms with van der Waals surface area (Å²) in [6, 6.07) is 8.29. The van der Waals surface area contributed by atoms with E-state index in [1.807, 2.05) is 0 Å². The van der Waals surface area contributed by atoms with Crippen LogP contribution in [0.2, 0.25) is 5.02 Å². The van der Waals surface area contributed by atoms with E-state index < -0.39 is 10.0 Å². The summed E-state index contributed by atoms with van der Waals surface area (Å²) in [5, 5.41) is 7.27. The van der Waals surface area contributed by atoms with Crippen LogP contribution in [0.4, 0.5) is 11.4 Å². The van der Waals surface area contributed by atoms with Gasteiger partial charge in [-0.15, -0.1) is 11.3 Å². The van der Waals surface area contributed by atoms with E-state index in [0.717, 1.165) is 24.2 Å². The Labute approximate surface area is 189 Å². The molecule has 1 aliphatic rings. The molecule has 0 radical (unpaired) electrons. The largest absolute Gasteiger partial charge is 0.354 e. The number of nitrogens with zero attached hydrogens (tertiary/aromatic N) is 1. The molecule has 0 saturated heterocycles. The Bertz CT molecular complexity index is 1270. The highest BCUT2D eigenvalue weighted by Crippen LogP contribution is 2.33. The molecule has 1 aromatic carbocycles. The Morgan fingerprint density at radius 2 is 2.00 bits per heavy atom. The lowest BCUT2D eigenvalue weighted by Crippen LogP contribution is -2.14. The zero-order valence-electron chi connectivity index (χ0n) is 16.8. The van der Waals surface area contributed by atoms with E-state index in [0.29, 0.717) is 38.3 Å². The summed E-state index contributed by atoms with van der Waals surface area (Å²) < 4.78 is 33.6. The van der Waals surface area contributed by atoms with Crippen LogP contribution in [0.5, 0.6) is 0 Å². The first-order valence-electron chi connectivity index (χ1n) is 9.57. The number of carbonyl (C=O) groups is 1. The minimum absolute atomic E-state index is 0.0344. The Morgan fingerprint density at radius 1 is 1.23 bits per heavy atom. The number of thiophene rings is 1. The van der Waals surface area contributed by atoms with Gasteiger partial charge in [-0.1, -0.05) is 22.8 Å². The van der Waals surface area contributed by atoms with Crippen LogP contribution < -0.4 is 10.0 Å². The third-order valence-electron chi connectivity index (χ3n) is 4.86. The molecule has 2 heterocycles. The number of aromatic nitrogens is 1. The quantitative estimate of drug-likeness (QED) is 0.479. The zero-order valence-corrected chi connectivity index (χ0v) is 19.2. The topological polar surface area (TPSA) is 101 Å². The summed E-state index contributed by atoms with van der Waals surface area (Å²) in [6.45, 7) is 3.50. The highest BCUT2D eigenvalue weighted by molar-refractivity contribution is 7.94. The molecular weight excluding hydrogens is 458 g/mol. The number of amides is 1. The van der Waals surface area contributed by atoms with Crippen LogP contribution >= 0.6 is 22.9 Å². The lowest BCUT2D eigenvalue weighted by molar-refractivity contribution is -0.117. The molecule has 3 aromatic rings. The molecule has 4 rings (SSSR count). The van der Waals surface area contributed by atoms with Crippen LogP contribution in [0, 0.1) is 19.8 Å². The van der Waals surface area contributed by atoms with E-state index in [1.165, 1.54) is 6.07 Å². The molecule has 0 atom stereocenters. The van der Waals surface area contributed by atoms with E-state index in [4.69, 9.17) is 16.1 Å². The number of nitrogens with one attached hydrogen (secondary N) is 2. The monoisotopic (exact) mass is 477 g/mol. The van der Waals surface area contributed by atoms with Crippen molar-refractivity contribution in [2.75, 3.05) is 10.0 Å². The van der Waals surface area contributed by atoms with Gasteiger partial charge in [-0.05, 0) is 68.7 Å². The van der Waals surface area contributed by atoms with Gasteiger partial charge in [0.25, 0.3) is 10.0 Å². The number of halogens is 1. The van der Waals surface area contributed by atoms with Gasteiger partial charge in [0.05, 0.1) is 5.69 Å². The van der Waals surface area contributed by atoms with E-state index in [1.54, 1.807) is 50.3 Å². The average Bonchev–Trinajstić information content (AvgIpc) is 3.37. The Hall–Kier alpha value is -2.62. The molecule has 1 aliphatic carbocycles. The number of rotatable bonds is 7. The molecule has 1 saturated carbocycles. The van der Waals surface area contributed by atoms with Crippen molar-refractivity contribution in [1.82, 2.24) is 5.16 Å². The van der Waals surface area contributed by atoms with E-state index >= 15 is 0 Å². The number of hydrogen-bond donors (Lipinski definition) is 2. The number of aryl methyl sites for hydroxylation is 1. The third-order valence-corrected chi connectivity index (χ3v) is 8.18. The van der Waals surface area contributed by atoms with Gasteiger partial charge in [0.1, 0.15) is 15.6 Å². The summed E-state index contributed by atoms with van der Waals surface area (Å²) in [7, 11) is -3.75. The van der Waals surface area contributed by atoms with Crippen LogP contribution in [0.15, 0.2) is 39.1 Å². The van der Waals surface area contributed by atoms with Gasteiger partial charge in [-0.2, -0.15) is 0 Å².